The number of benzene rings is 3. The maximum absolute atomic E-state index is 13.0. The summed E-state index contributed by atoms with van der Waals surface area (Å²) in [5, 5.41) is 13.2. The van der Waals surface area contributed by atoms with E-state index in [1.54, 1.807) is 6.07 Å². The average molecular weight is 513 g/mol. The lowest BCUT2D eigenvalue weighted by atomic mass is 9.87. The average Bonchev–Trinajstić information content (AvgIpc) is 3.11. The Bertz CT molecular complexity index is 1480. The molecular formula is C32H36N2O4. The zero-order chi connectivity index (χ0) is 27.6. The van der Waals surface area contributed by atoms with Crippen LogP contribution in [0.25, 0.3) is 10.9 Å². The largest absolute Gasteiger partial charge is 0.479 e. The summed E-state index contributed by atoms with van der Waals surface area (Å²) in [5.41, 5.74) is 7.33. The molecular weight excluding hydrogens is 476 g/mol. The molecule has 0 aliphatic heterocycles. The van der Waals surface area contributed by atoms with E-state index in [0.29, 0.717) is 24.4 Å². The van der Waals surface area contributed by atoms with Crippen molar-refractivity contribution in [2.75, 3.05) is 0 Å². The van der Waals surface area contributed by atoms with Gasteiger partial charge in [0.25, 0.3) is 5.91 Å². The van der Waals surface area contributed by atoms with E-state index in [9.17, 15) is 9.59 Å². The highest BCUT2D eigenvalue weighted by atomic mass is 16.5. The molecule has 4 rings (SSSR count). The SMILES string of the molecule is Cc1c(C)n(Cc2cccc(OC(C)C(=O)O)c2)c2ccc(C(=O)NCc3ccc(C(C)(C)C)cc3)cc12. The van der Waals surface area contributed by atoms with E-state index in [4.69, 9.17) is 9.84 Å². The second kappa shape index (κ2) is 10.7. The molecule has 198 valence electrons. The van der Waals surface area contributed by atoms with Gasteiger partial charge in [-0.15, -0.1) is 0 Å². The molecule has 1 unspecified atom stereocenters. The Morgan fingerprint density at radius 2 is 1.68 bits per heavy atom. The first kappa shape index (κ1) is 27.0. The Morgan fingerprint density at radius 1 is 0.974 bits per heavy atom. The van der Waals surface area contributed by atoms with Gasteiger partial charge in [0.2, 0.25) is 0 Å². The van der Waals surface area contributed by atoms with Crippen molar-refractivity contribution < 1.29 is 19.4 Å². The number of hydrogen-bond donors (Lipinski definition) is 2. The van der Waals surface area contributed by atoms with Crippen molar-refractivity contribution in [1.29, 1.82) is 0 Å². The van der Waals surface area contributed by atoms with Crippen LogP contribution in [0.5, 0.6) is 5.75 Å². The van der Waals surface area contributed by atoms with Crippen LogP contribution in [0, 0.1) is 13.8 Å². The van der Waals surface area contributed by atoms with Gasteiger partial charge in [0, 0.05) is 35.2 Å². The summed E-state index contributed by atoms with van der Waals surface area (Å²) in [7, 11) is 0. The first-order valence-electron chi connectivity index (χ1n) is 12.9. The predicted molar refractivity (Wildman–Crippen MR) is 151 cm³/mol. The van der Waals surface area contributed by atoms with Gasteiger partial charge in [0.05, 0.1) is 0 Å². The van der Waals surface area contributed by atoms with Crippen molar-refractivity contribution in [3.8, 4) is 5.75 Å². The Morgan fingerprint density at radius 3 is 2.34 bits per heavy atom. The summed E-state index contributed by atoms with van der Waals surface area (Å²) in [6.45, 7) is 13.3. The van der Waals surface area contributed by atoms with Gasteiger partial charge in [-0.1, -0.05) is 57.2 Å². The molecule has 1 aromatic heterocycles. The van der Waals surface area contributed by atoms with Crippen molar-refractivity contribution in [3.63, 3.8) is 0 Å². The molecule has 6 nitrogen and oxygen atoms in total. The molecule has 4 aromatic rings. The number of carboxylic acid groups (broad SMARTS) is 1. The molecule has 0 radical (unpaired) electrons. The van der Waals surface area contributed by atoms with E-state index < -0.39 is 12.1 Å². The fourth-order valence-electron chi connectivity index (χ4n) is 4.56. The van der Waals surface area contributed by atoms with E-state index in [-0.39, 0.29) is 11.3 Å². The number of aliphatic carboxylic acids is 1. The summed E-state index contributed by atoms with van der Waals surface area (Å²) in [6.07, 6.45) is -0.922. The number of amides is 1. The number of carboxylic acids is 1. The molecule has 0 fully saturated rings. The Balaban J connectivity index is 1.51. The molecule has 6 heteroatoms. The first-order chi connectivity index (χ1) is 17.9. The lowest BCUT2D eigenvalue weighted by molar-refractivity contribution is -0.144. The molecule has 0 aliphatic carbocycles. The third-order valence-electron chi connectivity index (χ3n) is 7.07. The van der Waals surface area contributed by atoms with Gasteiger partial charge in [-0.2, -0.15) is 0 Å². The minimum absolute atomic E-state index is 0.0963. The summed E-state index contributed by atoms with van der Waals surface area (Å²) in [4.78, 5) is 24.1. The topological polar surface area (TPSA) is 80.6 Å². The van der Waals surface area contributed by atoms with E-state index in [1.807, 2.05) is 36.4 Å². The number of aryl methyl sites for hydroxylation is 1. The second-order valence-electron chi connectivity index (χ2n) is 10.9. The molecule has 1 atom stereocenters. The zero-order valence-corrected chi connectivity index (χ0v) is 23.0. The number of ether oxygens (including phenoxy) is 1. The van der Waals surface area contributed by atoms with Crippen LogP contribution in [0.4, 0.5) is 0 Å². The van der Waals surface area contributed by atoms with Crippen LogP contribution < -0.4 is 10.1 Å². The highest BCUT2D eigenvalue weighted by Crippen LogP contribution is 2.28. The predicted octanol–water partition coefficient (Wildman–Crippen LogP) is 6.39. The smallest absolute Gasteiger partial charge is 0.344 e. The molecule has 0 spiro atoms. The van der Waals surface area contributed by atoms with Crippen LogP contribution in [0.2, 0.25) is 0 Å². The quantitative estimate of drug-likeness (QED) is 0.287. The minimum atomic E-state index is -1.00. The van der Waals surface area contributed by atoms with E-state index in [0.717, 1.165) is 33.3 Å². The maximum Gasteiger partial charge on any atom is 0.344 e. The Labute approximate surface area is 224 Å². The number of nitrogens with zero attached hydrogens (tertiary/aromatic N) is 1. The molecule has 3 aromatic carbocycles. The number of carbonyl (C=O) groups is 2. The summed E-state index contributed by atoms with van der Waals surface area (Å²) in [6, 6.07) is 21.7. The zero-order valence-electron chi connectivity index (χ0n) is 23.0. The first-order valence-corrected chi connectivity index (χ1v) is 12.9. The Hall–Kier alpha value is -4.06. The van der Waals surface area contributed by atoms with Crippen LogP contribution >= 0.6 is 0 Å². The fourth-order valence-corrected chi connectivity index (χ4v) is 4.56. The fraction of sp³-hybridized carbons (Fsp3) is 0.312. The molecule has 0 aliphatic rings. The lowest BCUT2D eigenvalue weighted by Crippen LogP contribution is -2.23. The maximum atomic E-state index is 13.0. The van der Waals surface area contributed by atoms with Gasteiger partial charge >= 0.3 is 5.97 Å². The summed E-state index contributed by atoms with van der Waals surface area (Å²) in [5.74, 6) is -0.583. The third-order valence-corrected chi connectivity index (χ3v) is 7.07. The number of fused-ring (bicyclic) bond motifs is 1. The van der Waals surface area contributed by atoms with Gasteiger partial charge in [-0.25, -0.2) is 4.79 Å². The van der Waals surface area contributed by atoms with E-state index >= 15 is 0 Å². The number of nitrogens with one attached hydrogen (secondary N) is 1. The number of hydrogen-bond acceptors (Lipinski definition) is 3. The van der Waals surface area contributed by atoms with Crippen molar-refractivity contribution in [2.24, 2.45) is 0 Å². The minimum Gasteiger partial charge on any atom is -0.479 e. The monoisotopic (exact) mass is 512 g/mol. The normalized spacial score (nSPS) is 12.4. The standard InChI is InChI=1S/C32H36N2O4/c1-20-21(2)34(19-24-8-7-9-27(16-24)38-22(3)31(36)37)29-15-12-25(17-28(20)29)30(35)33-18-23-10-13-26(14-11-23)32(4,5)6/h7-17,22H,18-19H2,1-6H3,(H,33,35)(H,36,37). The molecule has 0 saturated heterocycles. The molecule has 1 heterocycles. The Kier molecular flexibility index (Phi) is 7.63. The second-order valence-corrected chi connectivity index (χ2v) is 10.9. The van der Waals surface area contributed by atoms with E-state index in [2.05, 4.69) is 68.8 Å². The van der Waals surface area contributed by atoms with E-state index in [1.165, 1.54) is 12.5 Å². The summed E-state index contributed by atoms with van der Waals surface area (Å²) >= 11 is 0. The van der Waals surface area contributed by atoms with Gasteiger partial charge in [0.15, 0.2) is 6.10 Å². The molecule has 2 N–H and O–H groups in total. The highest BCUT2D eigenvalue weighted by Gasteiger charge is 2.17. The number of carbonyl (C=O) groups excluding carboxylic acids is 1. The third kappa shape index (κ3) is 5.91. The van der Waals surface area contributed by atoms with Crippen LogP contribution in [-0.2, 0) is 23.3 Å². The van der Waals surface area contributed by atoms with Crippen molar-refractivity contribution in [3.05, 3.63) is 100 Å². The molecule has 0 saturated carbocycles. The van der Waals surface area contributed by atoms with Crippen LogP contribution in [0.3, 0.4) is 0 Å². The van der Waals surface area contributed by atoms with Crippen LogP contribution in [-0.4, -0.2) is 27.7 Å². The van der Waals surface area contributed by atoms with Crippen molar-refractivity contribution in [2.45, 2.75) is 66.2 Å². The van der Waals surface area contributed by atoms with Gasteiger partial charge in [0.1, 0.15) is 5.75 Å². The van der Waals surface area contributed by atoms with Crippen molar-refractivity contribution >= 4 is 22.8 Å². The number of rotatable bonds is 8. The summed E-state index contributed by atoms with van der Waals surface area (Å²) < 4.78 is 7.75. The van der Waals surface area contributed by atoms with Gasteiger partial charge in [-0.3, -0.25) is 4.79 Å². The number of aromatic nitrogens is 1. The van der Waals surface area contributed by atoms with Crippen LogP contribution in [0.1, 0.15) is 66.0 Å². The van der Waals surface area contributed by atoms with Crippen molar-refractivity contribution in [1.82, 2.24) is 9.88 Å². The van der Waals surface area contributed by atoms with Gasteiger partial charge in [-0.05, 0) is 78.8 Å². The molecule has 0 bridgehead atoms. The highest BCUT2D eigenvalue weighted by molar-refractivity contribution is 5.99. The molecule has 38 heavy (non-hydrogen) atoms. The van der Waals surface area contributed by atoms with Gasteiger partial charge < -0.3 is 19.7 Å². The van der Waals surface area contributed by atoms with Crippen LogP contribution in [0.15, 0.2) is 66.7 Å². The lowest BCUT2D eigenvalue weighted by Gasteiger charge is -2.19. The molecule has 1 amide bonds.